The van der Waals surface area contributed by atoms with Crippen molar-refractivity contribution in [1.29, 1.82) is 0 Å². The maximum atomic E-state index is 6.27. The second kappa shape index (κ2) is 5.24. The smallest absolute Gasteiger partial charge is 0.136 e. The van der Waals surface area contributed by atoms with Crippen LogP contribution in [-0.2, 0) is 7.05 Å². The molecule has 2 nitrogen and oxygen atoms in total. The predicted molar refractivity (Wildman–Crippen MR) is 113 cm³/mol. The summed E-state index contributed by atoms with van der Waals surface area (Å²) in [5.41, 5.74) is 6.78. The maximum Gasteiger partial charge on any atom is 0.136 e. The Bertz CT molecular complexity index is 1470. The molecule has 4 aromatic carbocycles. The van der Waals surface area contributed by atoms with Crippen LogP contribution in [0.3, 0.4) is 0 Å². The summed E-state index contributed by atoms with van der Waals surface area (Å²) < 4.78 is 8.54. The molecule has 0 spiro atoms. The zero-order valence-corrected chi connectivity index (χ0v) is 14.9. The van der Waals surface area contributed by atoms with Gasteiger partial charge in [-0.1, -0.05) is 60.7 Å². The number of nitrogens with zero attached hydrogens (tertiary/aromatic N) is 1. The van der Waals surface area contributed by atoms with Crippen molar-refractivity contribution in [2.24, 2.45) is 7.05 Å². The number of benzene rings is 4. The Kier molecular flexibility index (Phi) is 2.84. The van der Waals surface area contributed by atoms with E-state index >= 15 is 0 Å². The molecule has 0 radical (unpaired) electrons. The van der Waals surface area contributed by atoms with Crippen LogP contribution < -0.4 is 0 Å². The van der Waals surface area contributed by atoms with Gasteiger partial charge in [0.1, 0.15) is 11.2 Å². The maximum absolute atomic E-state index is 6.27. The zero-order valence-electron chi connectivity index (χ0n) is 14.9. The number of para-hydroxylation sites is 1. The lowest BCUT2D eigenvalue weighted by molar-refractivity contribution is 0.669. The Morgan fingerprint density at radius 3 is 2.33 bits per heavy atom. The molecule has 0 amide bonds. The number of rotatable bonds is 1. The number of fused-ring (bicyclic) bond motifs is 6. The summed E-state index contributed by atoms with van der Waals surface area (Å²) >= 11 is 0. The molecule has 0 saturated heterocycles. The highest BCUT2D eigenvalue weighted by molar-refractivity contribution is 6.19. The van der Waals surface area contributed by atoms with E-state index in [1.807, 2.05) is 0 Å². The van der Waals surface area contributed by atoms with Crippen LogP contribution in [0.25, 0.3) is 54.9 Å². The fraction of sp³-hybridized carbons (Fsp3) is 0.0400. The van der Waals surface area contributed by atoms with E-state index in [0.29, 0.717) is 0 Å². The molecule has 27 heavy (non-hydrogen) atoms. The van der Waals surface area contributed by atoms with Gasteiger partial charge >= 0.3 is 0 Å². The molecule has 0 bridgehead atoms. The molecule has 0 aliphatic heterocycles. The molecule has 2 heterocycles. The second-order valence-electron chi connectivity index (χ2n) is 7.09. The SMILES string of the molecule is Cn1c2ccccc2c2cc3oc4cccc(-c5ccccc5)c4c3cc21. The third-order valence-corrected chi connectivity index (χ3v) is 5.62. The summed E-state index contributed by atoms with van der Waals surface area (Å²) in [6.07, 6.45) is 0. The van der Waals surface area contributed by atoms with Crippen LogP contribution >= 0.6 is 0 Å². The van der Waals surface area contributed by atoms with Crippen molar-refractivity contribution in [1.82, 2.24) is 4.57 Å². The first-order valence-corrected chi connectivity index (χ1v) is 9.19. The first-order valence-electron chi connectivity index (χ1n) is 9.19. The average molecular weight is 347 g/mol. The van der Waals surface area contributed by atoms with E-state index in [1.165, 1.54) is 43.7 Å². The minimum absolute atomic E-state index is 0.936. The fourth-order valence-electron chi connectivity index (χ4n) is 4.34. The van der Waals surface area contributed by atoms with Crippen molar-refractivity contribution in [3.05, 3.63) is 84.9 Å². The van der Waals surface area contributed by atoms with Crippen molar-refractivity contribution >= 4 is 43.7 Å². The molecule has 0 aliphatic rings. The van der Waals surface area contributed by atoms with E-state index < -0.39 is 0 Å². The van der Waals surface area contributed by atoms with Crippen LogP contribution in [0.2, 0.25) is 0 Å². The molecule has 0 aliphatic carbocycles. The summed E-state index contributed by atoms with van der Waals surface area (Å²) in [6.45, 7) is 0. The standard InChI is InChI=1S/C25H17NO/c1-26-21-12-6-5-10-18(21)19-15-24-20(14-22(19)26)25-17(11-7-13-23(25)27-24)16-8-3-2-4-9-16/h2-15H,1H3. The third kappa shape index (κ3) is 1.95. The lowest BCUT2D eigenvalue weighted by Gasteiger charge is -2.03. The Labute approximate surface area is 156 Å². The van der Waals surface area contributed by atoms with Gasteiger partial charge in [0.25, 0.3) is 0 Å². The highest BCUT2D eigenvalue weighted by Gasteiger charge is 2.16. The fourth-order valence-corrected chi connectivity index (χ4v) is 4.34. The van der Waals surface area contributed by atoms with E-state index in [9.17, 15) is 0 Å². The molecule has 0 unspecified atom stereocenters. The predicted octanol–water partition coefficient (Wildman–Crippen LogP) is 6.90. The quantitative estimate of drug-likeness (QED) is 0.316. The zero-order chi connectivity index (χ0) is 18.0. The second-order valence-corrected chi connectivity index (χ2v) is 7.09. The van der Waals surface area contributed by atoms with Crippen LogP contribution in [0.4, 0.5) is 0 Å². The van der Waals surface area contributed by atoms with E-state index in [0.717, 1.165) is 11.2 Å². The van der Waals surface area contributed by atoms with Crippen molar-refractivity contribution < 1.29 is 4.42 Å². The molecule has 0 N–H and O–H groups in total. The van der Waals surface area contributed by atoms with E-state index in [4.69, 9.17) is 4.42 Å². The topological polar surface area (TPSA) is 18.1 Å². The largest absolute Gasteiger partial charge is 0.456 e. The van der Waals surface area contributed by atoms with Gasteiger partial charge in [0, 0.05) is 39.6 Å². The molecule has 6 aromatic rings. The number of hydrogen-bond acceptors (Lipinski definition) is 1. The van der Waals surface area contributed by atoms with Gasteiger partial charge in [-0.25, -0.2) is 0 Å². The number of furan rings is 1. The van der Waals surface area contributed by atoms with Crippen LogP contribution in [0, 0.1) is 0 Å². The number of aromatic nitrogens is 1. The van der Waals surface area contributed by atoms with Gasteiger partial charge in [-0.2, -0.15) is 0 Å². The molecule has 2 heteroatoms. The van der Waals surface area contributed by atoms with Crippen molar-refractivity contribution in [3.63, 3.8) is 0 Å². The average Bonchev–Trinajstić information content (AvgIpc) is 3.23. The Hall–Kier alpha value is -3.52. The lowest BCUT2D eigenvalue weighted by atomic mass is 9.99. The van der Waals surface area contributed by atoms with E-state index in [-0.39, 0.29) is 0 Å². The summed E-state index contributed by atoms with van der Waals surface area (Å²) in [6, 6.07) is 29.9. The van der Waals surface area contributed by atoms with Crippen LogP contribution in [0.15, 0.2) is 89.3 Å². The highest BCUT2D eigenvalue weighted by atomic mass is 16.3. The van der Waals surface area contributed by atoms with Crippen LogP contribution in [0.1, 0.15) is 0 Å². The molecule has 0 saturated carbocycles. The first-order chi connectivity index (χ1) is 13.3. The van der Waals surface area contributed by atoms with Gasteiger partial charge < -0.3 is 8.98 Å². The van der Waals surface area contributed by atoms with E-state index in [1.54, 1.807) is 0 Å². The monoisotopic (exact) mass is 347 g/mol. The van der Waals surface area contributed by atoms with Gasteiger partial charge in [0.15, 0.2) is 0 Å². The van der Waals surface area contributed by atoms with Gasteiger partial charge in [0.2, 0.25) is 0 Å². The normalized spacial score (nSPS) is 11.9. The van der Waals surface area contributed by atoms with Crippen molar-refractivity contribution in [2.45, 2.75) is 0 Å². The summed E-state index contributed by atoms with van der Waals surface area (Å²) in [4.78, 5) is 0. The minimum atomic E-state index is 0.936. The summed E-state index contributed by atoms with van der Waals surface area (Å²) in [5.74, 6) is 0. The number of aryl methyl sites for hydroxylation is 1. The molecule has 0 atom stereocenters. The highest BCUT2D eigenvalue weighted by Crippen LogP contribution is 2.40. The minimum Gasteiger partial charge on any atom is -0.456 e. The molecular weight excluding hydrogens is 330 g/mol. The Morgan fingerprint density at radius 1 is 0.630 bits per heavy atom. The molecular formula is C25H17NO. The van der Waals surface area contributed by atoms with E-state index in [2.05, 4.69) is 96.5 Å². The number of hydrogen-bond donors (Lipinski definition) is 0. The molecule has 128 valence electrons. The lowest BCUT2D eigenvalue weighted by Crippen LogP contribution is -1.86. The van der Waals surface area contributed by atoms with Gasteiger partial charge in [-0.3, -0.25) is 0 Å². The van der Waals surface area contributed by atoms with Crippen molar-refractivity contribution in [3.8, 4) is 11.1 Å². The van der Waals surface area contributed by atoms with Gasteiger partial charge in [-0.15, -0.1) is 0 Å². The molecule has 2 aromatic heterocycles. The third-order valence-electron chi connectivity index (χ3n) is 5.62. The van der Waals surface area contributed by atoms with Crippen LogP contribution in [-0.4, -0.2) is 4.57 Å². The van der Waals surface area contributed by atoms with Gasteiger partial charge in [-0.05, 0) is 35.4 Å². The van der Waals surface area contributed by atoms with Gasteiger partial charge in [0.05, 0.1) is 0 Å². The molecule has 6 rings (SSSR count). The molecule has 0 fully saturated rings. The van der Waals surface area contributed by atoms with Crippen LogP contribution in [0.5, 0.6) is 0 Å². The summed E-state index contributed by atoms with van der Waals surface area (Å²) in [5, 5.41) is 4.86. The van der Waals surface area contributed by atoms with Crippen molar-refractivity contribution in [2.75, 3.05) is 0 Å². The summed E-state index contributed by atoms with van der Waals surface area (Å²) in [7, 11) is 2.14. The first kappa shape index (κ1) is 14.6. The Balaban J connectivity index is 1.80. The Morgan fingerprint density at radius 2 is 1.44 bits per heavy atom.